The van der Waals surface area contributed by atoms with Crippen LogP contribution in [0.5, 0.6) is 5.75 Å². The molecule has 1 aromatic heterocycles. The Bertz CT molecular complexity index is 624. The summed E-state index contributed by atoms with van der Waals surface area (Å²) in [6.45, 7) is 12.2. The third-order valence-electron chi connectivity index (χ3n) is 4.40. The number of piperazine rings is 1. The molecule has 156 valence electrons. The molecule has 2 saturated heterocycles. The van der Waals surface area contributed by atoms with Crippen molar-refractivity contribution in [2.75, 3.05) is 64.4 Å². The predicted molar refractivity (Wildman–Crippen MR) is 122 cm³/mol. The molecule has 5 nitrogen and oxygen atoms in total. The summed E-state index contributed by atoms with van der Waals surface area (Å²) < 4.78 is 8.88. The molecule has 2 aliphatic heterocycles. The molecule has 0 unspecified atom stereocenters. The Kier molecular flexibility index (Phi) is 10.7. The van der Waals surface area contributed by atoms with E-state index in [-0.39, 0.29) is 0 Å². The second-order valence-electron chi connectivity index (χ2n) is 6.37. The minimum Gasteiger partial charge on any atom is -0.508 e. The van der Waals surface area contributed by atoms with Crippen LogP contribution in [0.15, 0.2) is 46.0 Å². The number of phenols is 1. The molecule has 2 aliphatic rings. The molecule has 4 rings (SSSR count). The van der Waals surface area contributed by atoms with Gasteiger partial charge in [-0.3, -0.25) is 0 Å². The lowest BCUT2D eigenvalue weighted by Crippen LogP contribution is -2.43. The van der Waals surface area contributed by atoms with E-state index in [0.717, 1.165) is 52.5 Å². The molecule has 0 aliphatic carbocycles. The Morgan fingerprint density at radius 1 is 0.929 bits per heavy atom. The zero-order valence-corrected chi connectivity index (χ0v) is 18.8. The Labute approximate surface area is 178 Å². The van der Waals surface area contributed by atoms with Gasteiger partial charge in [-0.2, -0.15) is 0 Å². The van der Waals surface area contributed by atoms with E-state index in [4.69, 9.17) is 4.74 Å². The van der Waals surface area contributed by atoms with Gasteiger partial charge in [0.25, 0.3) is 0 Å². The topological polar surface area (TPSA) is 39.2 Å². The van der Waals surface area contributed by atoms with E-state index in [1.54, 1.807) is 23.5 Å². The summed E-state index contributed by atoms with van der Waals surface area (Å²) in [5, 5.41) is 11.4. The first-order chi connectivity index (χ1) is 13.7. The lowest BCUT2D eigenvalue weighted by Gasteiger charge is -2.35. The van der Waals surface area contributed by atoms with Crippen molar-refractivity contribution < 1.29 is 9.84 Å². The summed E-state index contributed by atoms with van der Waals surface area (Å²) in [7, 11) is 2.11. The van der Waals surface area contributed by atoms with Crippen molar-refractivity contribution in [3.05, 3.63) is 41.8 Å². The van der Waals surface area contributed by atoms with Gasteiger partial charge < -0.3 is 19.6 Å². The Hall–Kier alpha value is -1.25. The largest absolute Gasteiger partial charge is 0.508 e. The number of morpholine rings is 1. The lowest BCUT2D eigenvalue weighted by atomic mass is 10.2. The number of likely N-dealkylation sites (N-methyl/N-ethyl adjacent to an activating group) is 1. The first-order valence-electron chi connectivity index (χ1n) is 9.97. The molecular formula is C21H33N3O2S2. The van der Waals surface area contributed by atoms with E-state index in [0.29, 0.717) is 5.75 Å². The molecule has 0 saturated carbocycles. The van der Waals surface area contributed by atoms with Gasteiger partial charge in [-0.05, 0) is 54.7 Å². The highest BCUT2D eigenvalue weighted by Gasteiger charge is 2.18. The maximum atomic E-state index is 9.31. The normalized spacial score (nSPS) is 17.9. The predicted octanol–water partition coefficient (Wildman–Crippen LogP) is 4.26. The average Bonchev–Trinajstić information content (AvgIpc) is 3.25. The number of hydrogen-bond donors (Lipinski definition) is 1. The third-order valence-corrected chi connectivity index (χ3v) is 6.52. The summed E-state index contributed by atoms with van der Waals surface area (Å²) in [5.41, 5.74) is 1.19. The number of benzene rings is 1. The fourth-order valence-corrected chi connectivity index (χ4v) is 4.64. The Balaban J connectivity index is 0.000000261. The first kappa shape index (κ1) is 23.0. The highest BCUT2D eigenvalue weighted by Crippen LogP contribution is 2.29. The summed E-state index contributed by atoms with van der Waals surface area (Å²) in [4.78, 5) is 4.63. The molecule has 7 heteroatoms. The minimum absolute atomic E-state index is 0.329. The van der Waals surface area contributed by atoms with Gasteiger partial charge in [0.1, 0.15) is 5.75 Å². The smallest absolute Gasteiger partial charge is 0.115 e. The van der Waals surface area contributed by atoms with Gasteiger partial charge >= 0.3 is 0 Å². The van der Waals surface area contributed by atoms with E-state index in [2.05, 4.69) is 38.7 Å². The number of anilines is 1. The van der Waals surface area contributed by atoms with E-state index in [1.165, 1.54) is 9.90 Å². The van der Waals surface area contributed by atoms with Crippen molar-refractivity contribution in [2.45, 2.75) is 18.1 Å². The Morgan fingerprint density at radius 3 is 2.07 bits per heavy atom. The molecule has 3 heterocycles. The van der Waals surface area contributed by atoms with Crippen LogP contribution in [0.3, 0.4) is 0 Å². The van der Waals surface area contributed by atoms with E-state index >= 15 is 0 Å². The summed E-state index contributed by atoms with van der Waals surface area (Å²) in [5.74, 6) is 0.329. The molecule has 1 aromatic carbocycles. The minimum atomic E-state index is 0.329. The van der Waals surface area contributed by atoms with Gasteiger partial charge in [0.2, 0.25) is 0 Å². The fourth-order valence-electron chi connectivity index (χ4n) is 2.80. The van der Waals surface area contributed by atoms with E-state index < -0.39 is 0 Å². The Morgan fingerprint density at radius 2 is 1.57 bits per heavy atom. The van der Waals surface area contributed by atoms with Gasteiger partial charge in [0.15, 0.2) is 0 Å². The van der Waals surface area contributed by atoms with Crippen LogP contribution in [0.1, 0.15) is 13.8 Å². The van der Waals surface area contributed by atoms with Crippen molar-refractivity contribution in [3.8, 4) is 5.75 Å². The summed E-state index contributed by atoms with van der Waals surface area (Å²) >= 11 is 3.65. The van der Waals surface area contributed by atoms with Crippen molar-refractivity contribution in [1.29, 1.82) is 0 Å². The van der Waals surface area contributed by atoms with Crippen molar-refractivity contribution in [3.63, 3.8) is 0 Å². The van der Waals surface area contributed by atoms with Gasteiger partial charge in [-0.25, -0.2) is 4.31 Å². The van der Waals surface area contributed by atoms with Gasteiger partial charge in [-0.1, -0.05) is 19.9 Å². The summed E-state index contributed by atoms with van der Waals surface area (Å²) in [6, 6.07) is 11.7. The van der Waals surface area contributed by atoms with Gasteiger partial charge in [-0.15, -0.1) is 11.3 Å². The van der Waals surface area contributed by atoms with Crippen LogP contribution in [0.4, 0.5) is 5.69 Å². The van der Waals surface area contributed by atoms with E-state index in [9.17, 15) is 5.11 Å². The number of phenolic OH excluding ortho intramolecular Hbond substituents is 1. The van der Waals surface area contributed by atoms with Crippen molar-refractivity contribution >= 4 is 29.0 Å². The highest BCUT2D eigenvalue weighted by molar-refractivity contribution is 7.98. The van der Waals surface area contributed by atoms with Crippen LogP contribution in [0, 0.1) is 0 Å². The maximum absolute atomic E-state index is 9.31. The molecule has 1 N–H and O–H groups in total. The van der Waals surface area contributed by atoms with Crippen molar-refractivity contribution in [2.24, 2.45) is 0 Å². The molecule has 28 heavy (non-hydrogen) atoms. The third kappa shape index (κ3) is 8.01. The molecule has 2 fully saturated rings. The van der Waals surface area contributed by atoms with Crippen LogP contribution in [-0.2, 0) is 4.74 Å². The SMILES string of the molecule is CC.CN1CCOCC1.Oc1ccc(N2CCN(Sc3cccs3)CC2)cc1. The standard InChI is InChI=1S/C14H16N2OS2.C5H11NO.C2H6/c17-13-5-3-12(4-6-13)15-7-9-16(10-8-15)19-14-2-1-11-18-14;1-6-2-4-7-5-3-6;1-2/h1-6,11,17H,7-10H2;2-5H2,1H3;1-2H3. The molecule has 2 aromatic rings. The second kappa shape index (κ2) is 13.1. The van der Waals surface area contributed by atoms with Crippen LogP contribution in [0.25, 0.3) is 0 Å². The molecule has 0 radical (unpaired) electrons. The highest BCUT2D eigenvalue weighted by atomic mass is 32.2. The molecule has 0 amide bonds. The quantitative estimate of drug-likeness (QED) is 0.744. The van der Waals surface area contributed by atoms with Crippen LogP contribution in [-0.4, -0.2) is 73.8 Å². The molecule has 0 bridgehead atoms. The fraction of sp³-hybridized carbons (Fsp3) is 0.524. The number of ether oxygens (including phenoxy) is 1. The van der Waals surface area contributed by atoms with Crippen LogP contribution in [0.2, 0.25) is 0 Å². The zero-order chi connectivity index (χ0) is 20.2. The molecule has 0 spiro atoms. The summed E-state index contributed by atoms with van der Waals surface area (Å²) in [6.07, 6.45) is 0. The van der Waals surface area contributed by atoms with Gasteiger partial charge in [0.05, 0.1) is 17.4 Å². The van der Waals surface area contributed by atoms with E-state index in [1.807, 2.05) is 37.9 Å². The second-order valence-corrected chi connectivity index (χ2v) is 8.72. The van der Waals surface area contributed by atoms with Crippen molar-refractivity contribution in [1.82, 2.24) is 9.21 Å². The number of rotatable bonds is 3. The number of thiophene rings is 1. The number of hydrogen-bond acceptors (Lipinski definition) is 7. The lowest BCUT2D eigenvalue weighted by molar-refractivity contribution is 0.0503. The first-order valence-corrected chi connectivity index (χ1v) is 11.6. The average molecular weight is 424 g/mol. The number of aromatic hydroxyl groups is 1. The van der Waals surface area contributed by atoms with Gasteiger partial charge in [0, 0.05) is 45.0 Å². The zero-order valence-electron chi connectivity index (χ0n) is 17.2. The number of nitrogens with zero attached hydrogens (tertiary/aromatic N) is 3. The molecular weight excluding hydrogens is 390 g/mol. The maximum Gasteiger partial charge on any atom is 0.115 e. The van der Waals surface area contributed by atoms with Crippen LogP contribution >= 0.6 is 23.3 Å². The monoisotopic (exact) mass is 423 g/mol. The molecule has 0 atom stereocenters. The van der Waals surface area contributed by atoms with Crippen LogP contribution < -0.4 is 4.90 Å².